The Hall–Kier alpha value is -1.21. The predicted molar refractivity (Wildman–Crippen MR) is 75.7 cm³/mol. The Morgan fingerprint density at radius 3 is 2.33 bits per heavy atom. The molecule has 8 heteroatoms. The molecule has 118 valence electrons. The minimum atomic E-state index is -4.26. The van der Waals surface area contributed by atoms with Gasteiger partial charge in [0.1, 0.15) is 0 Å². The zero-order valence-electron chi connectivity index (χ0n) is 11.8. The fourth-order valence-corrected chi connectivity index (χ4v) is 2.22. The molecule has 0 aromatic heterocycles. The third-order valence-electron chi connectivity index (χ3n) is 3.25. The Morgan fingerprint density at radius 2 is 1.86 bits per heavy atom. The lowest BCUT2D eigenvalue weighted by Gasteiger charge is -2.16. The summed E-state index contributed by atoms with van der Waals surface area (Å²) < 4.78 is 49.4. The molecule has 0 aliphatic heterocycles. The van der Waals surface area contributed by atoms with Gasteiger partial charge in [0.15, 0.2) is 11.6 Å². The molecule has 0 bridgehead atoms. The number of amides is 1. The van der Waals surface area contributed by atoms with Gasteiger partial charge >= 0.3 is 0 Å². The van der Waals surface area contributed by atoms with Crippen LogP contribution in [0.2, 0.25) is 0 Å². The molecule has 0 saturated carbocycles. The van der Waals surface area contributed by atoms with Crippen molar-refractivity contribution in [3.8, 4) is 0 Å². The minimum Gasteiger partial charge on any atom is -0.352 e. The van der Waals surface area contributed by atoms with Gasteiger partial charge in [-0.1, -0.05) is 20.8 Å². The lowest BCUT2D eigenvalue weighted by Crippen LogP contribution is -2.31. The second-order valence-corrected chi connectivity index (χ2v) is 7.70. The van der Waals surface area contributed by atoms with Gasteiger partial charge in [-0.2, -0.15) is 0 Å². The normalized spacial score (nSPS) is 13.3. The van der Waals surface area contributed by atoms with Gasteiger partial charge in [0.2, 0.25) is 0 Å². The Labute approximate surface area is 126 Å². The van der Waals surface area contributed by atoms with E-state index in [1.807, 2.05) is 20.8 Å². The topological polar surface area (TPSA) is 63.2 Å². The summed E-state index contributed by atoms with van der Waals surface area (Å²) in [6.45, 7) is 6.06. The van der Waals surface area contributed by atoms with Crippen molar-refractivity contribution in [2.45, 2.75) is 25.7 Å². The molecule has 1 unspecified atom stereocenters. The van der Waals surface area contributed by atoms with Crippen molar-refractivity contribution in [2.75, 3.05) is 6.54 Å². The van der Waals surface area contributed by atoms with Gasteiger partial charge in [-0.15, -0.1) is 0 Å². The van der Waals surface area contributed by atoms with Gasteiger partial charge in [-0.25, -0.2) is 17.2 Å². The van der Waals surface area contributed by atoms with E-state index < -0.39 is 37.1 Å². The highest BCUT2D eigenvalue weighted by Crippen LogP contribution is 2.21. The molecule has 0 radical (unpaired) electrons. The molecule has 1 amide bonds. The first kappa shape index (κ1) is 17.8. The van der Waals surface area contributed by atoms with E-state index in [-0.39, 0.29) is 12.5 Å². The summed E-state index contributed by atoms with van der Waals surface area (Å²) in [5.41, 5.74) is -0.690. The Bertz CT molecular complexity index is 647. The molecule has 1 rings (SSSR count). The van der Waals surface area contributed by atoms with Gasteiger partial charge in [0, 0.05) is 17.2 Å². The van der Waals surface area contributed by atoms with Crippen molar-refractivity contribution in [2.24, 2.45) is 11.8 Å². The van der Waals surface area contributed by atoms with Crippen LogP contribution in [0.1, 0.15) is 31.1 Å². The van der Waals surface area contributed by atoms with E-state index in [4.69, 9.17) is 10.7 Å². The maximum absolute atomic E-state index is 13.6. The Balaban J connectivity index is 3.07. The molecule has 4 nitrogen and oxygen atoms in total. The highest BCUT2D eigenvalue weighted by atomic mass is 35.7. The Morgan fingerprint density at radius 1 is 1.29 bits per heavy atom. The van der Waals surface area contributed by atoms with Gasteiger partial charge < -0.3 is 5.32 Å². The molecular weight excluding hydrogens is 324 g/mol. The highest BCUT2D eigenvalue weighted by molar-refractivity contribution is 8.13. The van der Waals surface area contributed by atoms with Crippen LogP contribution in [0.4, 0.5) is 8.78 Å². The number of nitrogens with one attached hydrogen (secondary N) is 1. The second kappa shape index (κ2) is 6.70. The quantitative estimate of drug-likeness (QED) is 0.839. The number of halogens is 3. The third kappa shape index (κ3) is 4.64. The van der Waals surface area contributed by atoms with Crippen LogP contribution in [0.5, 0.6) is 0 Å². The fourth-order valence-electron chi connectivity index (χ4n) is 1.45. The van der Waals surface area contributed by atoms with Gasteiger partial charge in [-0.3, -0.25) is 4.79 Å². The smallest absolute Gasteiger partial charge is 0.261 e. The first-order valence-corrected chi connectivity index (χ1v) is 8.57. The standard InChI is InChI=1S/C13H16ClF2NO3S/c1-7(2)8(3)6-17-13(18)10-4-9(21(14,19)20)5-11(15)12(10)16/h4-5,7-8H,6H2,1-3H3,(H,17,18). The van der Waals surface area contributed by atoms with Crippen molar-refractivity contribution < 1.29 is 22.0 Å². The average Bonchev–Trinajstić information content (AvgIpc) is 2.37. The molecule has 0 heterocycles. The number of benzene rings is 1. The monoisotopic (exact) mass is 339 g/mol. The molecule has 0 aliphatic carbocycles. The lowest BCUT2D eigenvalue weighted by atomic mass is 9.98. The summed E-state index contributed by atoms with van der Waals surface area (Å²) in [5.74, 6) is -3.32. The first-order chi connectivity index (χ1) is 9.54. The zero-order valence-corrected chi connectivity index (χ0v) is 13.4. The summed E-state index contributed by atoms with van der Waals surface area (Å²) in [6, 6.07) is 1.15. The average molecular weight is 340 g/mol. The molecule has 1 atom stereocenters. The van der Waals surface area contributed by atoms with Crippen molar-refractivity contribution in [3.63, 3.8) is 0 Å². The van der Waals surface area contributed by atoms with Crippen molar-refractivity contribution in [1.29, 1.82) is 0 Å². The molecule has 0 aliphatic rings. The molecule has 1 N–H and O–H groups in total. The summed E-state index contributed by atoms with van der Waals surface area (Å²) >= 11 is 0. The van der Waals surface area contributed by atoms with E-state index in [9.17, 15) is 22.0 Å². The van der Waals surface area contributed by atoms with E-state index in [1.165, 1.54) is 0 Å². The van der Waals surface area contributed by atoms with Crippen LogP contribution < -0.4 is 5.32 Å². The van der Waals surface area contributed by atoms with E-state index in [0.717, 1.165) is 6.07 Å². The molecule has 0 spiro atoms. The SMILES string of the molecule is CC(C)C(C)CNC(=O)c1cc(S(=O)(=O)Cl)cc(F)c1F. The van der Waals surface area contributed by atoms with Gasteiger partial charge in [0.25, 0.3) is 15.0 Å². The number of carbonyl (C=O) groups excluding carboxylic acids is 1. The van der Waals surface area contributed by atoms with Crippen LogP contribution in [0.25, 0.3) is 0 Å². The first-order valence-electron chi connectivity index (χ1n) is 6.26. The summed E-state index contributed by atoms with van der Waals surface area (Å²) in [6.07, 6.45) is 0. The zero-order chi connectivity index (χ0) is 16.4. The summed E-state index contributed by atoms with van der Waals surface area (Å²) in [5, 5.41) is 2.44. The predicted octanol–water partition coefficient (Wildman–Crippen LogP) is 2.91. The lowest BCUT2D eigenvalue weighted by molar-refractivity contribution is 0.0939. The summed E-state index contributed by atoms with van der Waals surface area (Å²) in [4.78, 5) is 11.2. The van der Waals surface area contributed by atoms with Crippen molar-refractivity contribution in [1.82, 2.24) is 5.32 Å². The third-order valence-corrected chi connectivity index (χ3v) is 4.58. The molecule has 1 aromatic carbocycles. The largest absolute Gasteiger partial charge is 0.352 e. The molecule has 21 heavy (non-hydrogen) atoms. The number of hydrogen-bond acceptors (Lipinski definition) is 3. The van der Waals surface area contributed by atoms with Crippen LogP contribution in [0.3, 0.4) is 0 Å². The second-order valence-electron chi connectivity index (χ2n) is 5.14. The number of hydrogen-bond donors (Lipinski definition) is 1. The van der Waals surface area contributed by atoms with Crippen LogP contribution in [0, 0.1) is 23.5 Å². The summed E-state index contributed by atoms with van der Waals surface area (Å²) in [7, 11) is 0.823. The fraction of sp³-hybridized carbons (Fsp3) is 0.462. The maximum Gasteiger partial charge on any atom is 0.261 e. The molecule has 0 saturated heterocycles. The van der Waals surface area contributed by atoms with Crippen molar-refractivity contribution >= 4 is 25.6 Å². The van der Waals surface area contributed by atoms with Crippen LogP contribution >= 0.6 is 10.7 Å². The van der Waals surface area contributed by atoms with Gasteiger partial charge in [-0.05, 0) is 24.0 Å². The minimum absolute atomic E-state index is 0.127. The van der Waals surface area contributed by atoms with E-state index in [0.29, 0.717) is 12.0 Å². The number of rotatable bonds is 5. The molecule has 1 aromatic rings. The van der Waals surface area contributed by atoms with Crippen LogP contribution in [-0.2, 0) is 9.05 Å². The van der Waals surface area contributed by atoms with Crippen LogP contribution in [-0.4, -0.2) is 20.9 Å². The van der Waals surface area contributed by atoms with Crippen LogP contribution in [0.15, 0.2) is 17.0 Å². The molecular formula is C13H16ClF2NO3S. The Kier molecular flexibility index (Phi) is 5.69. The maximum atomic E-state index is 13.6. The van der Waals surface area contributed by atoms with Crippen molar-refractivity contribution in [3.05, 3.63) is 29.3 Å². The molecule has 0 fully saturated rings. The van der Waals surface area contributed by atoms with E-state index in [2.05, 4.69) is 5.32 Å². The number of carbonyl (C=O) groups is 1. The highest BCUT2D eigenvalue weighted by Gasteiger charge is 2.22. The van der Waals surface area contributed by atoms with E-state index >= 15 is 0 Å². The van der Waals surface area contributed by atoms with Gasteiger partial charge in [0.05, 0.1) is 10.5 Å². The van der Waals surface area contributed by atoms with E-state index in [1.54, 1.807) is 0 Å².